The first kappa shape index (κ1) is 35.5. The Bertz CT molecular complexity index is 1600. The summed E-state index contributed by atoms with van der Waals surface area (Å²) < 4.78 is 187. The second-order valence-corrected chi connectivity index (χ2v) is 9.67. The van der Waals surface area contributed by atoms with Crippen molar-refractivity contribution < 1.29 is 76.3 Å². The maximum Gasteiger partial charge on any atom is 0.435 e. The van der Waals surface area contributed by atoms with Crippen LogP contribution in [-0.2, 0) is 18.0 Å². The zero-order valence-electron chi connectivity index (χ0n) is 21.1. The van der Waals surface area contributed by atoms with Gasteiger partial charge < -0.3 is 5.32 Å². The molecular weight excluding hydrogens is 722 g/mol. The molecule has 0 aliphatic carbocycles. The van der Waals surface area contributed by atoms with Crippen LogP contribution in [0.3, 0.4) is 0 Å². The van der Waals surface area contributed by atoms with E-state index in [4.69, 9.17) is 0 Å². The molecule has 5 nitrogen and oxygen atoms in total. The van der Waals surface area contributed by atoms with Crippen LogP contribution in [0.5, 0.6) is 0 Å². The van der Waals surface area contributed by atoms with E-state index in [-0.39, 0.29) is 6.07 Å². The fraction of sp³-hybridized carbons (Fsp3) is 0.200. The molecule has 0 aliphatic rings. The van der Waals surface area contributed by atoms with Gasteiger partial charge in [-0.05, 0) is 64.5 Å². The Labute approximate surface area is 249 Å². The highest BCUT2D eigenvalue weighted by Crippen LogP contribution is 2.55. The first-order chi connectivity index (χ1) is 20.3. The van der Waals surface area contributed by atoms with E-state index < -0.39 is 103 Å². The van der Waals surface area contributed by atoms with E-state index in [1.165, 1.54) is 5.32 Å². The average Bonchev–Trinajstić information content (AvgIpc) is 2.90. The highest BCUT2D eigenvalue weighted by Gasteiger charge is 2.73. The molecule has 3 aromatic carbocycles. The molecule has 20 heteroatoms. The third-order valence-corrected chi connectivity index (χ3v) is 6.54. The minimum absolute atomic E-state index is 0.337. The number of hydrogen-bond donors (Lipinski definition) is 2. The second kappa shape index (κ2) is 11.8. The van der Waals surface area contributed by atoms with E-state index in [0.717, 1.165) is 6.07 Å². The van der Waals surface area contributed by atoms with Gasteiger partial charge >= 0.3 is 30.4 Å². The summed E-state index contributed by atoms with van der Waals surface area (Å²) in [7, 11) is 0. The monoisotopic (exact) mass is 732 g/mol. The number of benzene rings is 3. The van der Waals surface area contributed by atoms with Crippen LogP contribution >= 0.6 is 15.9 Å². The summed E-state index contributed by atoms with van der Waals surface area (Å²) in [5, 5.41) is 11.2. The van der Waals surface area contributed by atoms with Crippen LogP contribution in [0.4, 0.5) is 72.8 Å². The van der Waals surface area contributed by atoms with Crippen LogP contribution in [0.15, 0.2) is 59.1 Å². The predicted octanol–water partition coefficient (Wildman–Crippen LogP) is 9.20. The van der Waals surface area contributed by atoms with Crippen molar-refractivity contribution in [2.24, 2.45) is 0 Å². The van der Waals surface area contributed by atoms with Crippen LogP contribution in [0.25, 0.3) is 0 Å². The third-order valence-electron chi connectivity index (χ3n) is 5.92. The number of carbonyl (C=O) groups is 2. The van der Waals surface area contributed by atoms with Gasteiger partial charge in [-0.25, -0.2) is 8.78 Å². The topological polar surface area (TPSA) is 69.6 Å². The van der Waals surface area contributed by atoms with E-state index >= 15 is 4.39 Å². The second-order valence-electron chi connectivity index (χ2n) is 8.82. The van der Waals surface area contributed by atoms with Gasteiger partial charge in [0.05, 0.1) is 22.4 Å². The van der Waals surface area contributed by atoms with Gasteiger partial charge in [0.15, 0.2) is 5.82 Å². The molecule has 2 N–H and O–H groups in total. The van der Waals surface area contributed by atoms with Crippen LogP contribution in [-0.4, -0.2) is 29.4 Å². The fourth-order valence-electron chi connectivity index (χ4n) is 3.72. The van der Waals surface area contributed by atoms with Gasteiger partial charge in [-0.3, -0.25) is 14.8 Å². The number of rotatable bonds is 5. The fourth-order valence-corrected chi connectivity index (χ4v) is 4.28. The summed E-state index contributed by atoms with van der Waals surface area (Å²) in [6, 6.07) is 2.89. The van der Waals surface area contributed by atoms with Gasteiger partial charge in [-0.15, -0.1) is 0 Å². The average molecular weight is 733 g/mol. The summed E-state index contributed by atoms with van der Waals surface area (Å²) in [5.74, 6) is -5.22. The predicted molar refractivity (Wildman–Crippen MR) is 128 cm³/mol. The molecule has 2 amide bonds. The number of amides is 2. The molecule has 0 spiro atoms. The van der Waals surface area contributed by atoms with E-state index in [2.05, 4.69) is 15.9 Å². The smallest absolute Gasteiger partial charge is 0.320 e. The molecule has 0 aromatic heterocycles. The Morgan fingerprint density at radius 3 is 1.73 bits per heavy atom. The van der Waals surface area contributed by atoms with E-state index in [0.29, 0.717) is 36.4 Å². The maximum atomic E-state index is 15.2. The number of alkyl halides is 13. The van der Waals surface area contributed by atoms with Crippen molar-refractivity contribution in [3.8, 4) is 0 Å². The lowest BCUT2D eigenvalue weighted by atomic mass is 9.92. The SMILES string of the molecule is O=C(Nc1c(Br)cc(C(F)(C(F)(F)F)C(F)(F)F)cc1C(F)(F)F)c1cccc(N(O)C(=O)c2ccc(C(F)(F)F)cc2)c1F. The number of hydrogen-bond acceptors (Lipinski definition) is 3. The molecule has 0 aliphatic heterocycles. The third kappa shape index (κ3) is 6.85. The molecule has 0 saturated carbocycles. The number of halogens is 15. The molecular formula is C25H11BrF14N2O3. The molecule has 244 valence electrons. The normalized spacial score (nSPS) is 13.1. The molecule has 0 bridgehead atoms. The lowest BCUT2D eigenvalue weighted by molar-refractivity contribution is -0.348. The molecule has 3 aromatic rings. The molecule has 0 saturated heterocycles. The zero-order chi connectivity index (χ0) is 34.5. The molecule has 45 heavy (non-hydrogen) atoms. The van der Waals surface area contributed by atoms with Crippen LogP contribution in [0, 0.1) is 5.82 Å². The standard InChI is InChI=1S/C25H11BrF14N2O3/c26-15-9-12(21(28,24(35,36)37)25(38,39)40)8-14(23(32,33)34)18(15)41-19(43)13-2-1-3-16(17(13)27)42(45)20(44)10-4-6-11(7-5-10)22(29,30)31/h1-9,45H,(H,41,43). The van der Waals surface area contributed by atoms with Gasteiger partial charge in [0.25, 0.3) is 11.8 Å². The number of carbonyl (C=O) groups excluding carboxylic acids is 2. The summed E-state index contributed by atoms with van der Waals surface area (Å²) in [6.07, 6.45) is -24.2. The van der Waals surface area contributed by atoms with Crippen molar-refractivity contribution in [3.05, 3.63) is 92.7 Å². The van der Waals surface area contributed by atoms with Crippen LogP contribution < -0.4 is 10.4 Å². The van der Waals surface area contributed by atoms with Gasteiger partial charge in [-0.1, -0.05) is 6.07 Å². The Morgan fingerprint density at radius 2 is 1.27 bits per heavy atom. The van der Waals surface area contributed by atoms with Crippen molar-refractivity contribution in [2.45, 2.75) is 30.4 Å². The minimum Gasteiger partial charge on any atom is -0.320 e. The molecule has 0 heterocycles. The van der Waals surface area contributed by atoms with Gasteiger partial charge in [-0.2, -0.15) is 57.7 Å². The number of anilines is 2. The Kier molecular flexibility index (Phi) is 9.30. The summed E-state index contributed by atoms with van der Waals surface area (Å²) >= 11 is 2.26. The van der Waals surface area contributed by atoms with Crippen LogP contribution in [0.1, 0.15) is 37.4 Å². The van der Waals surface area contributed by atoms with Crippen molar-refractivity contribution in [1.82, 2.24) is 0 Å². The van der Waals surface area contributed by atoms with Crippen molar-refractivity contribution >= 4 is 39.1 Å². The maximum absolute atomic E-state index is 15.2. The van der Waals surface area contributed by atoms with Crippen LogP contribution in [0.2, 0.25) is 0 Å². The van der Waals surface area contributed by atoms with E-state index in [1.54, 1.807) is 0 Å². The number of nitrogens with zero attached hydrogens (tertiary/aromatic N) is 1. The van der Waals surface area contributed by atoms with Crippen molar-refractivity contribution in [2.75, 3.05) is 10.4 Å². The Hall–Kier alpha value is -3.94. The lowest BCUT2D eigenvalue weighted by Crippen LogP contribution is -2.50. The molecule has 0 radical (unpaired) electrons. The van der Waals surface area contributed by atoms with Gasteiger partial charge in [0, 0.05) is 15.6 Å². The highest BCUT2D eigenvalue weighted by molar-refractivity contribution is 9.10. The summed E-state index contributed by atoms with van der Waals surface area (Å²) in [5.41, 5.74) is -17.1. The minimum atomic E-state index is -6.80. The number of hydroxylamine groups is 1. The molecule has 3 rings (SSSR count). The van der Waals surface area contributed by atoms with E-state index in [9.17, 15) is 71.9 Å². The zero-order valence-corrected chi connectivity index (χ0v) is 22.7. The molecule has 0 atom stereocenters. The Morgan fingerprint density at radius 1 is 0.733 bits per heavy atom. The molecule has 0 unspecified atom stereocenters. The van der Waals surface area contributed by atoms with E-state index in [1.807, 2.05) is 0 Å². The van der Waals surface area contributed by atoms with Gasteiger partial charge in [0.1, 0.15) is 5.69 Å². The van der Waals surface area contributed by atoms with Gasteiger partial charge in [0.2, 0.25) is 0 Å². The Balaban J connectivity index is 2.04. The number of nitrogens with one attached hydrogen (secondary N) is 1. The lowest BCUT2D eigenvalue weighted by Gasteiger charge is -2.31. The summed E-state index contributed by atoms with van der Waals surface area (Å²) in [6.45, 7) is 0. The largest absolute Gasteiger partial charge is 0.435 e. The highest BCUT2D eigenvalue weighted by atomic mass is 79.9. The quantitative estimate of drug-likeness (QED) is 0.156. The first-order valence-electron chi connectivity index (χ1n) is 11.4. The molecule has 0 fully saturated rings. The van der Waals surface area contributed by atoms with Crippen molar-refractivity contribution in [1.29, 1.82) is 0 Å². The summed E-state index contributed by atoms with van der Waals surface area (Å²) in [4.78, 5) is 25.2. The van der Waals surface area contributed by atoms with Crippen molar-refractivity contribution in [3.63, 3.8) is 0 Å². The first-order valence-corrected chi connectivity index (χ1v) is 12.2.